The molecule has 9 heteroatoms. The molecule has 1 rings (SSSR count). The lowest BCUT2D eigenvalue weighted by atomic mass is 10.3. The van der Waals surface area contributed by atoms with Crippen LogP contribution >= 0.6 is 12.8 Å². The summed E-state index contributed by atoms with van der Waals surface area (Å²) in [7, 11) is 1.49. The number of piperazine rings is 1. The maximum atomic E-state index is 11.1. The largest absolute Gasteiger partial charge is 0.378 e. The van der Waals surface area contributed by atoms with Crippen LogP contribution < -0.4 is 5.32 Å². The average molecular weight is 396 g/mol. The molecule has 0 spiro atoms. The van der Waals surface area contributed by atoms with E-state index in [1.165, 1.54) is 7.11 Å². The summed E-state index contributed by atoms with van der Waals surface area (Å²) >= 11 is 4.33. The van der Waals surface area contributed by atoms with Crippen LogP contribution in [0.1, 0.15) is 13.8 Å². The quantitative estimate of drug-likeness (QED) is 0.323. The Labute approximate surface area is 164 Å². The van der Waals surface area contributed by atoms with Crippen molar-refractivity contribution in [3.8, 4) is 0 Å². The molecule has 8 nitrogen and oxygen atoms in total. The molecule has 0 saturated carbocycles. The smallest absolute Gasteiger partial charge is 0.246 e. The number of rotatable bonds is 14. The van der Waals surface area contributed by atoms with Crippen LogP contribution in [0.5, 0.6) is 0 Å². The van der Waals surface area contributed by atoms with Gasteiger partial charge in [-0.2, -0.15) is 0 Å². The van der Waals surface area contributed by atoms with Gasteiger partial charge in [0.05, 0.1) is 39.6 Å². The minimum atomic E-state index is -0.137. The van der Waals surface area contributed by atoms with Gasteiger partial charge in [0, 0.05) is 46.4 Å². The first-order valence-electron chi connectivity index (χ1n) is 9.37. The Bertz CT molecular complexity index is 319. The van der Waals surface area contributed by atoms with Gasteiger partial charge < -0.3 is 24.3 Å². The molecule has 0 unspecified atom stereocenters. The fourth-order valence-electron chi connectivity index (χ4n) is 2.14. The summed E-state index contributed by atoms with van der Waals surface area (Å²) in [5.41, 5.74) is 0. The van der Waals surface area contributed by atoms with Gasteiger partial charge in [-0.15, -0.1) is 0 Å². The zero-order chi connectivity index (χ0) is 19.5. The minimum Gasteiger partial charge on any atom is -0.378 e. The number of amides is 1. The summed E-state index contributed by atoms with van der Waals surface area (Å²) in [6, 6.07) is 0. The van der Waals surface area contributed by atoms with Gasteiger partial charge in [-0.25, -0.2) is 0 Å². The third-order valence-electron chi connectivity index (χ3n) is 3.49. The van der Waals surface area contributed by atoms with E-state index in [-0.39, 0.29) is 12.5 Å². The molecule has 0 atom stereocenters. The molecule has 0 aromatic carbocycles. The summed E-state index contributed by atoms with van der Waals surface area (Å²) in [5.74, 6) is -0.137. The topological polar surface area (TPSA) is 72.5 Å². The van der Waals surface area contributed by atoms with Crippen molar-refractivity contribution in [1.82, 2.24) is 14.5 Å². The lowest BCUT2D eigenvalue weighted by Gasteiger charge is -2.31. The molecule has 0 bridgehead atoms. The van der Waals surface area contributed by atoms with Crippen molar-refractivity contribution in [3.63, 3.8) is 0 Å². The van der Waals surface area contributed by atoms with E-state index in [0.717, 1.165) is 39.3 Å². The van der Waals surface area contributed by atoms with E-state index in [1.54, 1.807) is 0 Å². The molecule has 1 saturated heterocycles. The van der Waals surface area contributed by atoms with Gasteiger partial charge in [0.2, 0.25) is 5.91 Å². The fourth-order valence-corrected chi connectivity index (χ4v) is 2.32. The summed E-state index contributed by atoms with van der Waals surface area (Å²) in [6.45, 7) is 13.0. The monoisotopic (exact) mass is 395 g/mol. The highest BCUT2D eigenvalue weighted by molar-refractivity contribution is 7.77. The summed E-state index contributed by atoms with van der Waals surface area (Å²) in [6.07, 6.45) is 0. The summed E-state index contributed by atoms with van der Waals surface area (Å²) in [5, 5.41) is 2.68. The van der Waals surface area contributed by atoms with Gasteiger partial charge in [-0.3, -0.25) is 14.0 Å². The first kappa shape index (κ1) is 25.6. The Hall–Kier alpha value is -0.420. The predicted octanol–water partition coefficient (Wildman–Crippen LogP) is 0.287. The molecule has 0 radical (unpaired) electrons. The number of carbonyl (C=O) groups excluding carboxylic acids is 1. The molecule has 0 aromatic heterocycles. The Balaban J connectivity index is 0.00000301. The molecule has 26 heavy (non-hydrogen) atoms. The Morgan fingerprint density at radius 1 is 0.923 bits per heavy atom. The lowest BCUT2D eigenvalue weighted by molar-refractivity contribution is -0.125. The van der Waals surface area contributed by atoms with Gasteiger partial charge in [0.15, 0.2) is 0 Å². The van der Waals surface area contributed by atoms with E-state index >= 15 is 0 Å². The van der Waals surface area contributed by atoms with Crippen LogP contribution in [0.3, 0.4) is 0 Å². The maximum absolute atomic E-state index is 11.1. The van der Waals surface area contributed by atoms with Gasteiger partial charge in [0.25, 0.3) is 0 Å². The normalized spacial score (nSPS) is 15.4. The van der Waals surface area contributed by atoms with Crippen LogP contribution in [0.2, 0.25) is 0 Å². The van der Waals surface area contributed by atoms with Crippen molar-refractivity contribution in [2.75, 3.05) is 92.6 Å². The third-order valence-corrected chi connectivity index (χ3v) is 3.89. The molecule has 1 heterocycles. The summed E-state index contributed by atoms with van der Waals surface area (Å²) in [4.78, 5) is 13.5. The second kappa shape index (κ2) is 19.3. The van der Waals surface area contributed by atoms with Crippen molar-refractivity contribution < 1.29 is 23.7 Å². The van der Waals surface area contributed by atoms with E-state index in [4.69, 9.17) is 18.9 Å². The van der Waals surface area contributed by atoms with Crippen LogP contribution in [0.4, 0.5) is 0 Å². The first-order chi connectivity index (χ1) is 12.7. The summed E-state index contributed by atoms with van der Waals surface area (Å²) < 4.78 is 23.1. The van der Waals surface area contributed by atoms with E-state index in [1.807, 2.05) is 18.2 Å². The number of nitrogens with one attached hydrogen (secondary N) is 1. The van der Waals surface area contributed by atoms with Crippen molar-refractivity contribution in [3.05, 3.63) is 0 Å². The van der Waals surface area contributed by atoms with Crippen molar-refractivity contribution >= 4 is 18.7 Å². The van der Waals surface area contributed by atoms with Gasteiger partial charge in [-0.1, -0.05) is 26.7 Å². The van der Waals surface area contributed by atoms with Gasteiger partial charge >= 0.3 is 0 Å². The standard InChI is InChI=1S/C15H31N3O5S.C2H6/c1-20-14-15(19)16-2-8-21-10-12-23-13-11-22-9-7-17-3-5-18(24)6-4-17;1-2/h24H,2-14H2,1H3,(H,16,19);1-2H3. The molecule has 0 aliphatic carbocycles. The van der Waals surface area contributed by atoms with Crippen molar-refractivity contribution in [2.24, 2.45) is 0 Å². The number of thiol groups is 1. The number of methoxy groups -OCH3 is 1. The van der Waals surface area contributed by atoms with Crippen molar-refractivity contribution in [1.29, 1.82) is 0 Å². The highest BCUT2D eigenvalue weighted by Gasteiger charge is 2.13. The first-order valence-corrected chi connectivity index (χ1v) is 9.77. The van der Waals surface area contributed by atoms with Gasteiger partial charge in [0.1, 0.15) is 6.61 Å². The molecule has 1 amide bonds. The Morgan fingerprint density at radius 2 is 1.46 bits per heavy atom. The fraction of sp³-hybridized carbons (Fsp3) is 0.941. The predicted molar refractivity (Wildman–Crippen MR) is 106 cm³/mol. The number of ether oxygens (including phenoxy) is 4. The number of carbonyl (C=O) groups is 1. The number of nitrogens with zero attached hydrogens (tertiary/aromatic N) is 2. The SMILES string of the molecule is CC.COCC(=O)NCCOCCOCCOCCN1CCN(S)CC1. The zero-order valence-electron chi connectivity index (χ0n) is 16.6. The molecule has 0 aromatic rings. The van der Waals surface area contributed by atoms with Crippen LogP contribution in [-0.4, -0.2) is 108 Å². The maximum Gasteiger partial charge on any atom is 0.246 e. The van der Waals surface area contributed by atoms with E-state index in [0.29, 0.717) is 39.6 Å². The third kappa shape index (κ3) is 15.8. The Morgan fingerprint density at radius 3 is 2.04 bits per heavy atom. The van der Waals surface area contributed by atoms with E-state index < -0.39 is 0 Å². The molecule has 1 fully saturated rings. The Kier molecular flexibility index (Phi) is 19.0. The zero-order valence-corrected chi connectivity index (χ0v) is 17.5. The van der Waals surface area contributed by atoms with Crippen LogP contribution in [-0.2, 0) is 23.7 Å². The number of hydrogen-bond acceptors (Lipinski definition) is 8. The molecule has 156 valence electrons. The molecular weight excluding hydrogens is 358 g/mol. The molecule has 1 N–H and O–H groups in total. The van der Waals surface area contributed by atoms with Crippen LogP contribution in [0.15, 0.2) is 0 Å². The van der Waals surface area contributed by atoms with Crippen LogP contribution in [0, 0.1) is 0 Å². The second-order valence-electron chi connectivity index (χ2n) is 5.42. The highest BCUT2D eigenvalue weighted by Crippen LogP contribution is 2.02. The van der Waals surface area contributed by atoms with E-state index in [9.17, 15) is 4.79 Å². The number of hydrogen-bond donors (Lipinski definition) is 2. The van der Waals surface area contributed by atoms with E-state index in [2.05, 4.69) is 23.0 Å². The molecule has 1 aliphatic heterocycles. The highest BCUT2D eigenvalue weighted by atomic mass is 32.1. The minimum absolute atomic E-state index is 0.0779. The van der Waals surface area contributed by atoms with Crippen LogP contribution in [0.25, 0.3) is 0 Å². The van der Waals surface area contributed by atoms with Gasteiger partial charge in [-0.05, 0) is 0 Å². The average Bonchev–Trinajstić information content (AvgIpc) is 2.66. The lowest BCUT2D eigenvalue weighted by Crippen LogP contribution is -2.43. The second-order valence-corrected chi connectivity index (χ2v) is 5.98. The van der Waals surface area contributed by atoms with Crippen molar-refractivity contribution in [2.45, 2.75) is 13.8 Å². The molecule has 1 aliphatic rings. The molecular formula is C17H37N3O5S.